The summed E-state index contributed by atoms with van der Waals surface area (Å²) in [6.07, 6.45) is 13.2. The molecule has 0 unspecified atom stereocenters. The van der Waals surface area contributed by atoms with Gasteiger partial charge in [-0.1, -0.05) is 37.5 Å². The van der Waals surface area contributed by atoms with Gasteiger partial charge in [-0.25, -0.2) is 4.98 Å². The number of carbonyl (C=O) groups excluding carboxylic acids is 1. The summed E-state index contributed by atoms with van der Waals surface area (Å²) in [6.45, 7) is 0. The van der Waals surface area contributed by atoms with Crippen LogP contribution in [0.15, 0.2) is 72.0 Å². The van der Waals surface area contributed by atoms with Gasteiger partial charge >= 0.3 is 0 Å². The molecule has 0 radical (unpaired) electrons. The van der Waals surface area contributed by atoms with Crippen LogP contribution in [0.25, 0.3) is 16.9 Å². The van der Waals surface area contributed by atoms with E-state index in [1.165, 1.54) is 24.2 Å². The lowest BCUT2D eigenvalue weighted by Gasteiger charge is -2.22. The predicted octanol–water partition coefficient (Wildman–Crippen LogP) is 5.92. The lowest BCUT2D eigenvalue weighted by molar-refractivity contribution is 0.0927. The second-order valence-electron chi connectivity index (χ2n) is 8.36. The van der Waals surface area contributed by atoms with Crippen molar-refractivity contribution in [2.75, 3.05) is 11.6 Å². The van der Waals surface area contributed by atoms with E-state index in [-0.39, 0.29) is 11.9 Å². The Labute approximate surface area is 197 Å². The molecule has 1 aliphatic rings. The molecule has 0 bridgehead atoms. The molecule has 1 aliphatic carbocycles. The summed E-state index contributed by atoms with van der Waals surface area (Å²) in [5, 5.41) is 6.71. The summed E-state index contributed by atoms with van der Waals surface area (Å²) in [4.78, 5) is 23.1. The van der Waals surface area contributed by atoms with Crippen LogP contribution < -0.4 is 10.6 Å². The number of benzene rings is 2. The minimum absolute atomic E-state index is 0.0132. The quantitative estimate of drug-likeness (QED) is 0.352. The topological polar surface area (TPSA) is 71.3 Å². The highest BCUT2D eigenvalue weighted by Crippen LogP contribution is 2.32. The van der Waals surface area contributed by atoms with Crippen molar-refractivity contribution >= 4 is 34.8 Å². The average Bonchev–Trinajstić information content (AvgIpc) is 3.23. The molecule has 1 saturated carbocycles. The van der Waals surface area contributed by atoms with Crippen LogP contribution in [0.5, 0.6) is 0 Å². The number of carbonyl (C=O) groups is 1. The van der Waals surface area contributed by atoms with Crippen molar-refractivity contribution in [3.05, 3.63) is 72.7 Å². The summed E-state index contributed by atoms with van der Waals surface area (Å²) in [6, 6.07) is 16.3. The lowest BCUT2D eigenvalue weighted by atomic mass is 9.95. The summed E-state index contributed by atoms with van der Waals surface area (Å²) in [7, 11) is 0. The molecule has 1 amide bonds. The maximum absolute atomic E-state index is 12.9. The molecule has 0 spiro atoms. The number of hydrogen-bond donors (Lipinski definition) is 2. The first-order valence-electron chi connectivity index (χ1n) is 11.4. The maximum atomic E-state index is 12.9. The van der Waals surface area contributed by atoms with E-state index in [1.807, 2.05) is 34.9 Å². The van der Waals surface area contributed by atoms with Crippen molar-refractivity contribution in [3.63, 3.8) is 0 Å². The van der Waals surface area contributed by atoms with Crippen LogP contribution in [-0.2, 0) is 0 Å². The fourth-order valence-corrected chi connectivity index (χ4v) is 4.78. The Hall–Kier alpha value is -3.32. The molecule has 7 heteroatoms. The third-order valence-corrected chi connectivity index (χ3v) is 6.87. The number of fused-ring (bicyclic) bond motifs is 1. The fraction of sp³-hybridized carbons (Fsp3) is 0.269. The highest BCUT2D eigenvalue weighted by Gasteiger charge is 2.18. The van der Waals surface area contributed by atoms with Crippen molar-refractivity contribution < 1.29 is 4.79 Å². The van der Waals surface area contributed by atoms with Crippen molar-refractivity contribution in [2.24, 2.45) is 0 Å². The summed E-state index contributed by atoms with van der Waals surface area (Å²) in [5.74, 6) is 0.829. The van der Waals surface area contributed by atoms with Crippen LogP contribution in [0.2, 0.25) is 0 Å². The summed E-state index contributed by atoms with van der Waals surface area (Å²) < 4.78 is 1.99. The number of anilines is 2. The van der Waals surface area contributed by atoms with Crippen LogP contribution in [0.4, 0.5) is 11.5 Å². The molecule has 0 saturated heterocycles. The highest BCUT2D eigenvalue weighted by molar-refractivity contribution is 7.98. The molecule has 2 heterocycles. The third-order valence-electron chi connectivity index (χ3n) is 6.12. The van der Waals surface area contributed by atoms with Crippen LogP contribution in [0, 0.1) is 0 Å². The van der Waals surface area contributed by atoms with E-state index in [4.69, 9.17) is 4.98 Å². The first-order valence-corrected chi connectivity index (χ1v) is 12.6. The minimum Gasteiger partial charge on any atom is -0.349 e. The molecule has 2 N–H and O–H groups in total. The summed E-state index contributed by atoms with van der Waals surface area (Å²) in [5.41, 5.74) is 4.12. The predicted molar refractivity (Wildman–Crippen MR) is 134 cm³/mol. The zero-order valence-corrected chi connectivity index (χ0v) is 19.4. The second kappa shape index (κ2) is 9.67. The molecule has 0 aliphatic heterocycles. The first-order chi connectivity index (χ1) is 16.2. The van der Waals surface area contributed by atoms with Gasteiger partial charge in [-0.3, -0.25) is 14.2 Å². The molecular weight excluding hydrogens is 430 g/mol. The Morgan fingerprint density at radius 1 is 1.09 bits per heavy atom. The molecule has 33 heavy (non-hydrogen) atoms. The molecule has 2 aromatic carbocycles. The number of aromatic nitrogens is 3. The van der Waals surface area contributed by atoms with Gasteiger partial charge in [0.05, 0.1) is 6.20 Å². The van der Waals surface area contributed by atoms with Gasteiger partial charge in [-0.2, -0.15) is 0 Å². The van der Waals surface area contributed by atoms with E-state index in [9.17, 15) is 4.79 Å². The Morgan fingerprint density at radius 2 is 1.91 bits per heavy atom. The number of rotatable bonds is 6. The number of amides is 1. The Kier molecular flexibility index (Phi) is 6.30. The Balaban J connectivity index is 1.45. The molecule has 5 rings (SSSR count). The van der Waals surface area contributed by atoms with Gasteiger partial charge in [-0.15, -0.1) is 11.8 Å². The van der Waals surface area contributed by atoms with Crippen LogP contribution in [0.1, 0.15) is 42.5 Å². The number of imidazole rings is 1. The Bertz CT molecular complexity index is 1260. The number of hydrogen-bond acceptors (Lipinski definition) is 5. The van der Waals surface area contributed by atoms with Gasteiger partial charge < -0.3 is 10.6 Å². The summed E-state index contributed by atoms with van der Waals surface area (Å²) >= 11 is 1.71. The van der Waals surface area contributed by atoms with Gasteiger partial charge in [-0.05, 0) is 49.4 Å². The smallest absolute Gasteiger partial charge is 0.251 e. The number of thioether (sulfide) groups is 1. The molecule has 6 nitrogen and oxygen atoms in total. The average molecular weight is 458 g/mol. The molecule has 2 aromatic heterocycles. The van der Waals surface area contributed by atoms with Gasteiger partial charge in [0.15, 0.2) is 5.65 Å². The van der Waals surface area contributed by atoms with Crippen LogP contribution >= 0.6 is 11.8 Å². The van der Waals surface area contributed by atoms with Crippen molar-refractivity contribution in [3.8, 4) is 11.3 Å². The Morgan fingerprint density at radius 3 is 2.70 bits per heavy atom. The number of nitrogens with zero attached hydrogens (tertiary/aromatic N) is 3. The first kappa shape index (κ1) is 21.5. The molecular formula is C26H27N5OS. The number of nitrogens with one attached hydrogen (secondary N) is 2. The molecule has 1 fully saturated rings. The van der Waals surface area contributed by atoms with Crippen molar-refractivity contribution in [2.45, 2.75) is 43.0 Å². The highest BCUT2D eigenvalue weighted by atomic mass is 32.2. The van der Waals surface area contributed by atoms with E-state index in [2.05, 4.69) is 46.1 Å². The monoisotopic (exact) mass is 457 g/mol. The molecule has 0 atom stereocenters. The van der Waals surface area contributed by atoms with Crippen molar-refractivity contribution in [1.29, 1.82) is 0 Å². The van der Waals surface area contributed by atoms with Gasteiger partial charge in [0, 0.05) is 40.1 Å². The van der Waals surface area contributed by atoms with E-state index in [0.717, 1.165) is 41.3 Å². The third kappa shape index (κ3) is 4.73. The zero-order valence-electron chi connectivity index (χ0n) is 18.6. The van der Waals surface area contributed by atoms with Crippen molar-refractivity contribution in [1.82, 2.24) is 19.7 Å². The van der Waals surface area contributed by atoms with Crippen LogP contribution in [-0.4, -0.2) is 32.6 Å². The van der Waals surface area contributed by atoms with Gasteiger partial charge in [0.2, 0.25) is 0 Å². The van der Waals surface area contributed by atoms with E-state index >= 15 is 0 Å². The van der Waals surface area contributed by atoms with E-state index < -0.39 is 0 Å². The lowest BCUT2D eigenvalue weighted by Crippen LogP contribution is -2.36. The standard InChI is InChI=1S/C26H27N5OS/c1-33-22-12-10-18(11-13-22)24-25(31-15-14-27-17-23(31)30-24)28-21-9-5-6-19(16-21)26(32)29-20-7-3-2-4-8-20/h5-6,9-17,20,28H,2-4,7-8H2,1H3,(H,29,32). The maximum Gasteiger partial charge on any atom is 0.251 e. The fourth-order valence-electron chi connectivity index (χ4n) is 4.37. The largest absolute Gasteiger partial charge is 0.349 e. The minimum atomic E-state index is -0.0132. The molecule has 168 valence electrons. The normalized spacial score (nSPS) is 14.3. The SMILES string of the molecule is CSc1ccc(-c2nc3cnccn3c2Nc2cccc(C(=O)NC3CCCCC3)c2)cc1. The zero-order chi connectivity index (χ0) is 22.6. The second-order valence-corrected chi connectivity index (χ2v) is 9.24. The van der Waals surface area contributed by atoms with E-state index in [1.54, 1.807) is 24.2 Å². The van der Waals surface area contributed by atoms with Gasteiger partial charge in [0.1, 0.15) is 11.5 Å². The molecule has 4 aromatic rings. The van der Waals surface area contributed by atoms with Crippen LogP contribution in [0.3, 0.4) is 0 Å². The van der Waals surface area contributed by atoms with E-state index in [0.29, 0.717) is 5.56 Å². The van der Waals surface area contributed by atoms with Gasteiger partial charge in [0.25, 0.3) is 5.91 Å².